The quantitative estimate of drug-likeness (QED) is 0.878. The van der Waals surface area contributed by atoms with Gasteiger partial charge in [0.2, 0.25) is 0 Å². The standard InChI is InChI=1S/C14H15Cl2FN2O/c1-8-4-9(19(3)18-8)7-14(2,20)10-5-13(17)12(16)6-11(10)15/h4-6,20H,7H2,1-3H3. The zero-order valence-corrected chi connectivity index (χ0v) is 12.9. The Labute approximate surface area is 126 Å². The van der Waals surface area contributed by atoms with Crippen LogP contribution in [-0.4, -0.2) is 14.9 Å². The molecule has 0 saturated carbocycles. The molecule has 2 rings (SSSR count). The fourth-order valence-electron chi connectivity index (χ4n) is 2.21. The van der Waals surface area contributed by atoms with E-state index in [4.69, 9.17) is 23.2 Å². The third kappa shape index (κ3) is 2.97. The average Bonchev–Trinajstić information content (AvgIpc) is 2.61. The van der Waals surface area contributed by atoms with Gasteiger partial charge in [0, 0.05) is 29.7 Å². The first kappa shape index (κ1) is 15.3. The first-order valence-corrected chi connectivity index (χ1v) is 6.83. The van der Waals surface area contributed by atoms with Crippen molar-refractivity contribution in [1.29, 1.82) is 0 Å². The molecule has 0 bridgehead atoms. The molecule has 1 atom stereocenters. The number of aromatic nitrogens is 2. The lowest BCUT2D eigenvalue weighted by atomic mass is 9.91. The maximum absolute atomic E-state index is 13.6. The lowest BCUT2D eigenvalue weighted by Gasteiger charge is -2.25. The minimum atomic E-state index is -1.32. The van der Waals surface area contributed by atoms with Crippen LogP contribution in [0.1, 0.15) is 23.9 Å². The molecule has 0 fully saturated rings. The van der Waals surface area contributed by atoms with E-state index in [0.29, 0.717) is 5.56 Å². The van der Waals surface area contributed by atoms with Gasteiger partial charge < -0.3 is 5.11 Å². The average molecular weight is 317 g/mol. The molecule has 0 radical (unpaired) electrons. The first-order valence-electron chi connectivity index (χ1n) is 6.07. The van der Waals surface area contributed by atoms with Crippen molar-refractivity contribution in [2.45, 2.75) is 25.9 Å². The molecule has 20 heavy (non-hydrogen) atoms. The summed E-state index contributed by atoms with van der Waals surface area (Å²) in [4.78, 5) is 0. The van der Waals surface area contributed by atoms with Crippen LogP contribution in [0.25, 0.3) is 0 Å². The van der Waals surface area contributed by atoms with Crippen molar-refractivity contribution in [3.63, 3.8) is 0 Å². The van der Waals surface area contributed by atoms with Crippen LogP contribution in [-0.2, 0) is 19.1 Å². The highest BCUT2D eigenvalue weighted by atomic mass is 35.5. The molecule has 2 aromatic rings. The third-order valence-corrected chi connectivity index (χ3v) is 3.82. The van der Waals surface area contributed by atoms with E-state index in [1.165, 1.54) is 12.1 Å². The molecule has 0 aliphatic carbocycles. The Morgan fingerprint density at radius 2 is 1.95 bits per heavy atom. The van der Waals surface area contributed by atoms with Gasteiger partial charge in [-0.15, -0.1) is 0 Å². The highest BCUT2D eigenvalue weighted by Crippen LogP contribution is 2.34. The van der Waals surface area contributed by atoms with E-state index in [1.807, 2.05) is 13.0 Å². The van der Waals surface area contributed by atoms with Gasteiger partial charge >= 0.3 is 0 Å². The summed E-state index contributed by atoms with van der Waals surface area (Å²) < 4.78 is 15.3. The normalized spacial score (nSPS) is 14.3. The molecule has 0 aliphatic rings. The molecule has 1 heterocycles. The molecule has 1 N–H and O–H groups in total. The van der Waals surface area contributed by atoms with Crippen LogP contribution in [0, 0.1) is 12.7 Å². The summed E-state index contributed by atoms with van der Waals surface area (Å²) in [6.07, 6.45) is 0.269. The number of rotatable bonds is 3. The number of hydrogen-bond donors (Lipinski definition) is 1. The summed E-state index contributed by atoms with van der Waals surface area (Å²) in [5, 5.41) is 15.0. The molecule has 0 spiro atoms. The molecule has 1 aromatic heterocycles. The van der Waals surface area contributed by atoms with E-state index in [-0.39, 0.29) is 16.5 Å². The van der Waals surface area contributed by atoms with Crippen molar-refractivity contribution in [3.05, 3.63) is 51.0 Å². The van der Waals surface area contributed by atoms with Crippen LogP contribution in [0.15, 0.2) is 18.2 Å². The van der Waals surface area contributed by atoms with Crippen molar-refractivity contribution in [1.82, 2.24) is 9.78 Å². The SMILES string of the molecule is Cc1cc(CC(C)(O)c2cc(F)c(Cl)cc2Cl)n(C)n1. The third-order valence-electron chi connectivity index (χ3n) is 3.21. The largest absolute Gasteiger partial charge is 0.385 e. The van der Waals surface area contributed by atoms with Gasteiger partial charge in [-0.05, 0) is 32.0 Å². The minimum absolute atomic E-state index is 0.0640. The van der Waals surface area contributed by atoms with Crippen molar-refractivity contribution < 1.29 is 9.50 Å². The summed E-state index contributed by atoms with van der Waals surface area (Å²) in [5.41, 5.74) is 0.675. The van der Waals surface area contributed by atoms with Gasteiger partial charge in [-0.3, -0.25) is 4.68 Å². The Kier molecular flexibility index (Phi) is 4.09. The van der Waals surface area contributed by atoms with Crippen molar-refractivity contribution in [3.8, 4) is 0 Å². The maximum atomic E-state index is 13.6. The Balaban J connectivity index is 2.40. The molecule has 1 aromatic carbocycles. The zero-order valence-electron chi connectivity index (χ0n) is 11.4. The summed E-state index contributed by atoms with van der Waals surface area (Å²) in [7, 11) is 1.79. The van der Waals surface area contributed by atoms with Crippen molar-refractivity contribution in [2.75, 3.05) is 0 Å². The molecule has 3 nitrogen and oxygen atoms in total. The number of halogens is 3. The Morgan fingerprint density at radius 1 is 1.30 bits per heavy atom. The van der Waals surface area contributed by atoms with Gasteiger partial charge in [0.25, 0.3) is 0 Å². The molecule has 6 heteroatoms. The molecule has 0 amide bonds. The van der Waals surface area contributed by atoms with Crippen LogP contribution in [0.2, 0.25) is 10.0 Å². The Morgan fingerprint density at radius 3 is 2.50 bits per heavy atom. The first-order chi connectivity index (χ1) is 9.20. The minimum Gasteiger partial charge on any atom is -0.385 e. The van der Waals surface area contributed by atoms with Crippen LogP contribution in [0.4, 0.5) is 4.39 Å². The zero-order chi connectivity index (χ0) is 15.1. The van der Waals surface area contributed by atoms with E-state index in [9.17, 15) is 9.50 Å². The van der Waals surface area contributed by atoms with Crippen LogP contribution < -0.4 is 0 Å². The second-order valence-electron chi connectivity index (χ2n) is 5.10. The number of benzene rings is 1. The lowest BCUT2D eigenvalue weighted by molar-refractivity contribution is 0.0554. The predicted octanol–water partition coefficient (Wildman–Crippen LogP) is 3.62. The van der Waals surface area contributed by atoms with Gasteiger partial charge in [-0.2, -0.15) is 5.10 Å². The molecule has 0 aliphatic heterocycles. The van der Waals surface area contributed by atoms with E-state index < -0.39 is 11.4 Å². The Hall–Kier alpha value is -1.10. The molecular weight excluding hydrogens is 302 g/mol. The second-order valence-corrected chi connectivity index (χ2v) is 5.91. The van der Waals surface area contributed by atoms with E-state index in [2.05, 4.69) is 5.10 Å². The van der Waals surface area contributed by atoms with Gasteiger partial charge in [0.05, 0.1) is 16.3 Å². The number of hydrogen-bond acceptors (Lipinski definition) is 2. The smallest absolute Gasteiger partial charge is 0.142 e. The Bertz CT molecular complexity index is 653. The number of nitrogens with zero attached hydrogens (tertiary/aromatic N) is 2. The van der Waals surface area contributed by atoms with E-state index in [0.717, 1.165) is 11.4 Å². The molecular formula is C14H15Cl2FN2O. The van der Waals surface area contributed by atoms with E-state index in [1.54, 1.807) is 18.7 Å². The highest BCUT2D eigenvalue weighted by molar-refractivity contribution is 6.35. The fraction of sp³-hybridized carbons (Fsp3) is 0.357. The summed E-state index contributed by atoms with van der Waals surface area (Å²) >= 11 is 11.7. The fourth-order valence-corrected chi connectivity index (χ4v) is 2.80. The predicted molar refractivity (Wildman–Crippen MR) is 77.6 cm³/mol. The lowest BCUT2D eigenvalue weighted by Crippen LogP contribution is -2.26. The van der Waals surface area contributed by atoms with Crippen LogP contribution in [0.5, 0.6) is 0 Å². The van der Waals surface area contributed by atoms with Gasteiger partial charge in [-0.1, -0.05) is 23.2 Å². The summed E-state index contributed by atoms with van der Waals surface area (Å²) in [6.45, 7) is 3.46. The van der Waals surface area contributed by atoms with Crippen molar-refractivity contribution in [2.24, 2.45) is 7.05 Å². The highest BCUT2D eigenvalue weighted by Gasteiger charge is 2.28. The van der Waals surface area contributed by atoms with E-state index >= 15 is 0 Å². The molecule has 1 unspecified atom stereocenters. The topological polar surface area (TPSA) is 38.0 Å². The van der Waals surface area contributed by atoms with Gasteiger partial charge in [-0.25, -0.2) is 4.39 Å². The monoisotopic (exact) mass is 316 g/mol. The maximum Gasteiger partial charge on any atom is 0.142 e. The molecule has 0 saturated heterocycles. The molecule has 108 valence electrons. The van der Waals surface area contributed by atoms with Crippen LogP contribution in [0.3, 0.4) is 0 Å². The number of aliphatic hydroxyl groups is 1. The van der Waals surface area contributed by atoms with Gasteiger partial charge in [0.15, 0.2) is 0 Å². The van der Waals surface area contributed by atoms with Crippen LogP contribution >= 0.6 is 23.2 Å². The second kappa shape index (κ2) is 5.35. The van der Waals surface area contributed by atoms with Gasteiger partial charge in [0.1, 0.15) is 5.82 Å². The van der Waals surface area contributed by atoms with Crippen molar-refractivity contribution >= 4 is 23.2 Å². The number of aryl methyl sites for hydroxylation is 2. The summed E-state index contributed by atoms with van der Waals surface area (Å²) in [6, 6.07) is 4.35. The summed E-state index contributed by atoms with van der Waals surface area (Å²) in [5.74, 6) is -0.604.